The van der Waals surface area contributed by atoms with Gasteiger partial charge in [0.05, 0.1) is 12.7 Å². The average molecular weight is 343 g/mol. The number of anilines is 2. The van der Waals surface area contributed by atoms with E-state index in [1.165, 1.54) is 24.1 Å². The minimum atomic E-state index is -0.459. The quantitative estimate of drug-likeness (QED) is 0.796. The molecule has 2 aromatic carbocycles. The van der Waals surface area contributed by atoms with Crippen LogP contribution in [0.5, 0.6) is 11.5 Å². The molecule has 7 heteroatoms. The molecule has 0 aliphatic rings. The third kappa shape index (κ3) is 4.20. The van der Waals surface area contributed by atoms with Crippen LogP contribution in [-0.4, -0.2) is 43.1 Å². The normalized spacial score (nSPS) is 10.1. The molecule has 0 heterocycles. The smallest absolute Gasteiger partial charge is 0.321 e. The van der Waals surface area contributed by atoms with Crippen molar-refractivity contribution in [3.63, 3.8) is 0 Å². The fourth-order valence-electron chi connectivity index (χ4n) is 2.15. The number of phenols is 1. The SMILES string of the molecule is COc1ccc(C(=O)Nc2cccc(NC(=O)N(C)C)c2C)c(O)c1. The van der Waals surface area contributed by atoms with Crippen LogP contribution in [0.3, 0.4) is 0 Å². The molecule has 3 amide bonds. The van der Waals surface area contributed by atoms with Crippen molar-refractivity contribution < 1.29 is 19.4 Å². The van der Waals surface area contributed by atoms with Gasteiger partial charge in [0.2, 0.25) is 0 Å². The summed E-state index contributed by atoms with van der Waals surface area (Å²) in [6.07, 6.45) is 0. The highest BCUT2D eigenvalue weighted by molar-refractivity contribution is 6.07. The summed E-state index contributed by atoms with van der Waals surface area (Å²) in [5.74, 6) is -0.176. The van der Waals surface area contributed by atoms with Gasteiger partial charge in [0.15, 0.2) is 0 Å². The van der Waals surface area contributed by atoms with Crippen molar-refractivity contribution in [1.29, 1.82) is 0 Å². The van der Waals surface area contributed by atoms with E-state index in [9.17, 15) is 14.7 Å². The monoisotopic (exact) mass is 343 g/mol. The van der Waals surface area contributed by atoms with E-state index in [0.29, 0.717) is 22.7 Å². The van der Waals surface area contributed by atoms with Gasteiger partial charge in [0, 0.05) is 31.5 Å². The van der Waals surface area contributed by atoms with E-state index < -0.39 is 5.91 Å². The molecule has 0 unspecified atom stereocenters. The second-order valence-corrected chi connectivity index (χ2v) is 5.64. The van der Waals surface area contributed by atoms with Gasteiger partial charge >= 0.3 is 6.03 Å². The van der Waals surface area contributed by atoms with Crippen LogP contribution in [0.15, 0.2) is 36.4 Å². The van der Waals surface area contributed by atoms with Gasteiger partial charge in [-0.2, -0.15) is 0 Å². The van der Waals surface area contributed by atoms with E-state index in [0.717, 1.165) is 0 Å². The van der Waals surface area contributed by atoms with Gasteiger partial charge in [0.1, 0.15) is 11.5 Å². The summed E-state index contributed by atoms with van der Waals surface area (Å²) in [7, 11) is 4.76. The minimum Gasteiger partial charge on any atom is -0.507 e. The topological polar surface area (TPSA) is 90.9 Å². The molecule has 0 saturated heterocycles. The first kappa shape index (κ1) is 18.1. The number of carbonyl (C=O) groups excluding carboxylic acids is 2. The van der Waals surface area contributed by atoms with Crippen LogP contribution in [0.25, 0.3) is 0 Å². The van der Waals surface area contributed by atoms with E-state index >= 15 is 0 Å². The summed E-state index contributed by atoms with van der Waals surface area (Å²) in [4.78, 5) is 25.6. The second kappa shape index (κ2) is 7.57. The number of rotatable bonds is 4. The van der Waals surface area contributed by atoms with Crippen molar-refractivity contribution in [1.82, 2.24) is 4.90 Å². The van der Waals surface area contributed by atoms with Gasteiger partial charge in [-0.15, -0.1) is 0 Å². The Morgan fingerprint density at radius 3 is 2.28 bits per heavy atom. The number of urea groups is 1. The van der Waals surface area contributed by atoms with E-state index in [2.05, 4.69) is 10.6 Å². The van der Waals surface area contributed by atoms with Gasteiger partial charge < -0.3 is 25.4 Å². The minimum absolute atomic E-state index is 0.128. The number of amides is 3. The summed E-state index contributed by atoms with van der Waals surface area (Å²) >= 11 is 0. The number of aromatic hydroxyl groups is 1. The summed E-state index contributed by atoms with van der Waals surface area (Å²) in [6, 6.07) is 9.37. The second-order valence-electron chi connectivity index (χ2n) is 5.64. The Hall–Kier alpha value is -3.22. The predicted octanol–water partition coefficient (Wildman–Crippen LogP) is 3.06. The molecular formula is C18H21N3O4. The van der Waals surface area contributed by atoms with Crippen LogP contribution in [0.4, 0.5) is 16.2 Å². The highest BCUT2D eigenvalue weighted by Crippen LogP contribution is 2.27. The summed E-state index contributed by atoms with van der Waals surface area (Å²) in [5, 5.41) is 15.5. The van der Waals surface area contributed by atoms with Gasteiger partial charge in [-0.05, 0) is 36.8 Å². The van der Waals surface area contributed by atoms with Crippen LogP contribution >= 0.6 is 0 Å². The molecule has 0 saturated carbocycles. The van der Waals surface area contributed by atoms with Crippen molar-refractivity contribution >= 4 is 23.3 Å². The molecule has 2 rings (SSSR count). The first-order chi connectivity index (χ1) is 11.8. The molecule has 0 spiro atoms. The van der Waals surface area contributed by atoms with Crippen LogP contribution in [-0.2, 0) is 0 Å². The molecule has 0 aromatic heterocycles. The van der Waals surface area contributed by atoms with Crippen molar-refractivity contribution in [3.8, 4) is 11.5 Å². The van der Waals surface area contributed by atoms with Crippen molar-refractivity contribution in [2.75, 3.05) is 31.8 Å². The zero-order chi connectivity index (χ0) is 18.6. The van der Waals surface area contributed by atoms with Crippen LogP contribution in [0.2, 0.25) is 0 Å². The third-order valence-corrected chi connectivity index (χ3v) is 3.68. The zero-order valence-electron chi connectivity index (χ0n) is 14.6. The maximum atomic E-state index is 12.4. The number of methoxy groups -OCH3 is 1. The summed E-state index contributed by atoms with van der Waals surface area (Å²) < 4.78 is 5.00. The molecule has 2 aromatic rings. The van der Waals surface area contributed by atoms with E-state index in [4.69, 9.17) is 4.74 Å². The predicted molar refractivity (Wildman–Crippen MR) is 96.5 cm³/mol. The molecule has 3 N–H and O–H groups in total. The highest BCUT2D eigenvalue weighted by atomic mass is 16.5. The van der Waals surface area contributed by atoms with Crippen LogP contribution in [0.1, 0.15) is 15.9 Å². The number of carbonyl (C=O) groups is 2. The lowest BCUT2D eigenvalue weighted by molar-refractivity contribution is 0.102. The molecule has 25 heavy (non-hydrogen) atoms. The third-order valence-electron chi connectivity index (χ3n) is 3.68. The lowest BCUT2D eigenvalue weighted by Gasteiger charge is -2.16. The lowest BCUT2D eigenvalue weighted by atomic mass is 10.1. The average Bonchev–Trinajstić information content (AvgIpc) is 2.57. The van der Waals surface area contributed by atoms with Crippen LogP contribution in [0, 0.1) is 6.92 Å². The number of benzene rings is 2. The van der Waals surface area contributed by atoms with Crippen molar-refractivity contribution in [3.05, 3.63) is 47.5 Å². The van der Waals surface area contributed by atoms with Gasteiger partial charge in [-0.1, -0.05) is 6.07 Å². The molecular weight excluding hydrogens is 322 g/mol. The Labute approximate surface area is 146 Å². The fourth-order valence-corrected chi connectivity index (χ4v) is 2.15. The number of hydrogen-bond acceptors (Lipinski definition) is 4. The van der Waals surface area contributed by atoms with Crippen molar-refractivity contribution in [2.24, 2.45) is 0 Å². The van der Waals surface area contributed by atoms with Crippen LogP contribution < -0.4 is 15.4 Å². The molecule has 0 fully saturated rings. The summed E-state index contributed by atoms with van der Waals surface area (Å²) in [6.45, 7) is 1.79. The summed E-state index contributed by atoms with van der Waals surface area (Å²) in [5.41, 5.74) is 1.97. The Morgan fingerprint density at radius 2 is 1.72 bits per heavy atom. The Balaban J connectivity index is 2.23. The highest BCUT2D eigenvalue weighted by Gasteiger charge is 2.15. The van der Waals surface area contributed by atoms with Gasteiger partial charge in [-0.25, -0.2) is 4.79 Å². The Bertz CT molecular complexity index is 803. The molecule has 0 atom stereocenters. The standard InChI is InChI=1S/C18H21N3O4/c1-11-14(6-5-7-15(11)20-18(24)21(2)3)19-17(23)13-9-8-12(25-4)10-16(13)22/h5-10,22H,1-4H3,(H,19,23)(H,20,24). The molecule has 0 aliphatic heterocycles. The number of nitrogens with one attached hydrogen (secondary N) is 2. The first-order valence-corrected chi connectivity index (χ1v) is 7.59. The van der Waals surface area contributed by atoms with Crippen molar-refractivity contribution in [2.45, 2.75) is 6.92 Å². The lowest BCUT2D eigenvalue weighted by Crippen LogP contribution is -2.27. The number of nitrogens with zero attached hydrogens (tertiary/aromatic N) is 1. The first-order valence-electron chi connectivity index (χ1n) is 7.59. The fraction of sp³-hybridized carbons (Fsp3) is 0.222. The molecule has 0 aliphatic carbocycles. The Kier molecular flexibility index (Phi) is 5.49. The maximum Gasteiger partial charge on any atom is 0.321 e. The van der Waals surface area contributed by atoms with E-state index in [1.807, 2.05) is 0 Å². The number of hydrogen-bond donors (Lipinski definition) is 3. The zero-order valence-corrected chi connectivity index (χ0v) is 14.6. The molecule has 0 radical (unpaired) electrons. The molecule has 132 valence electrons. The van der Waals surface area contributed by atoms with E-state index in [-0.39, 0.29) is 17.3 Å². The number of phenolic OH excluding ortho intramolecular Hbond substituents is 1. The maximum absolute atomic E-state index is 12.4. The largest absolute Gasteiger partial charge is 0.507 e. The molecule has 0 bridgehead atoms. The van der Waals surface area contributed by atoms with Gasteiger partial charge in [0.25, 0.3) is 5.91 Å². The Morgan fingerprint density at radius 1 is 1.08 bits per heavy atom. The van der Waals surface area contributed by atoms with Gasteiger partial charge in [-0.3, -0.25) is 4.79 Å². The van der Waals surface area contributed by atoms with E-state index in [1.54, 1.807) is 45.3 Å². The molecule has 7 nitrogen and oxygen atoms in total. The number of ether oxygens (including phenoxy) is 1.